The largest absolute Gasteiger partial charge is 0.449 e. The van der Waals surface area contributed by atoms with Gasteiger partial charge in [-0.25, -0.2) is 4.98 Å². The zero-order chi connectivity index (χ0) is 12.5. The SMILES string of the molecule is Cc1nc(CN2CC(N3CCN(C)CC3)C2)co1. The minimum atomic E-state index is 0.756. The molecule has 0 aliphatic carbocycles. The van der Waals surface area contributed by atoms with Gasteiger partial charge in [0.25, 0.3) is 0 Å². The van der Waals surface area contributed by atoms with Crippen LogP contribution in [0, 0.1) is 6.92 Å². The van der Waals surface area contributed by atoms with E-state index in [0.29, 0.717) is 0 Å². The fraction of sp³-hybridized carbons (Fsp3) is 0.769. The van der Waals surface area contributed by atoms with Gasteiger partial charge in [-0.15, -0.1) is 0 Å². The Kier molecular flexibility index (Phi) is 3.37. The average Bonchev–Trinajstić information content (AvgIpc) is 2.71. The molecule has 0 aromatic carbocycles. The van der Waals surface area contributed by atoms with Gasteiger partial charge in [0.15, 0.2) is 5.89 Å². The van der Waals surface area contributed by atoms with E-state index in [4.69, 9.17) is 4.42 Å². The molecular formula is C13H22N4O. The first-order valence-electron chi connectivity index (χ1n) is 6.76. The Labute approximate surface area is 108 Å². The van der Waals surface area contributed by atoms with Crippen LogP contribution >= 0.6 is 0 Å². The summed E-state index contributed by atoms with van der Waals surface area (Å²) in [6.45, 7) is 10.0. The summed E-state index contributed by atoms with van der Waals surface area (Å²) in [5, 5.41) is 0. The van der Waals surface area contributed by atoms with Crippen LogP contribution in [0.25, 0.3) is 0 Å². The van der Waals surface area contributed by atoms with Crippen LogP contribution in [-0.4, -0.2) is 72.0 Å². The van der Waals surface area contributed by atoms with Crippen LogP contribution in [0.3, 0.4) is 0 Å². The Balaban J connectivity index is 1.43. The highest BCUT2D eigenvalue weighted by Gasteiger charge is 2.33. The van der Waals surface area contributed by atoms with Crippen LogP contribution < -0.4 is 0 Å². The summed E-state index contributed by atoms with van der Waals surface area (Å²) < 4.78 is 5.24. The van der Waals surface area contributed by atoms with Gasteiger partial charge < -0.3 is 9.32 Å². The van der Waals surface area contributed by atoms with Crippen LogP contribution in [0.5, 0.6) is 0 Å². The van der Waals surface area contributed by atoms with Crippen molar-refractivity contribution in [3.63, 3.8) is 0 Å². The molecule has 1 aromatic heterocycles. The highest BCUT2D eigenvalue weighted by Crippen LogP contribution is 2.18. The molecule has 18 heavy (non-hydrogen) atoms. The predicted octanol–water partition coefficient (Wildman–Crippen LogP) is 0.415. The smallest absolute Gasteiger partial charge is 0.191 e. The lowest BCUT2D eigenvalue weighted by molar-refractivity contribution is 0.00486. The number of likely N-dealkylation sites (tertiary alicyclic amines) is 1. The van der Waals surface area contributed by atoms with Crippen molar-refractivity contribution >= 4 is 0 Å². The van der Waals surface area contributed by atoms with E-state index in [1.807, 2.05) is 6.92 Å². The highest BCUT2D eigenvalue weighted by molar-refractivity contribution is 4.99. The van der Waals surface area contributed by atoms with Crippen molar-refractivity contribution in [2.45, 2.75) is 19.5 Å². The van der Waals surface area contributed by atoms with Gasteiger partial charge in [0.1, 0.15) is 6.26 Å². The summed E-state index contributed by atoms with van der Waals surface area (Å²) in [5.41, 5.74) is 1.06. The number of rotatable bonds is 3. The van der Waals surface area contributed by atoms with Gasteiger partial charge in [0, 0.05) is 58.8 Å². The number of oxazole rings is 1. The number of piperazine rings is 1. The Morgan fingerprint density at radius 2 is 2.00 bits per heavy atom. The van der Waals surface area contributed by atoms with E-state index in [9.17, 15) is 0 Å². The number of aromatic nitrogens is 1. The standard InChI is InChI=1S/C13H22N4O/c1-11-14-12(10-18-11)7-16-8-13(9-16)17-5-3-15(2)4-6-17/h10,13H,3-9H2,1-2H3. The molecular weight excluding hydrogens is 228 g/mol. The Bertz CT molecular complexity index is 391. The topological polar surface area (TPSA) is 35.8 Å². The second kappa shape index (κ2) is 4.99. The highest BCUT2D eigenvalue weighted by atomic mass is 16.3. The second-order valence-corrected chi connectivity index (χ2v) is 5.55. The molecule has 0 N–H and O–H groups in total. The Morgan fingerprint density at radius 3 is 2.61 bits per heavy atom. The maximum atomic E-state index is 5.24. The molecule has 2 saturated heterocycles. The normalized spacial score (nSPS) is 24.3. The quantitative estimate of drug-likeness (QED) is 0.777. The predicted molar refractivity (Wildman–Crippen MR) is 69.4 cm³/mol. The van der Waals surface area contributed by atoms with Gasteiger partial charge in [-0.2, -0.15) is 0 Å². The molecule has 2 aliphatic rings. The van der Waals surface area contributed by atoms with Crippen molar-refractivity contribution in [2.24, 2.45) is 0 Å². The van der Waals surface area contributed by atoms with Crippen molar-refractivity contribution in [1.82, 2.24) is 19.7 Å². The third kappa shape index (κ3) is 2.58. The van der Waals surface area contributed by atoms with Gasteiger partial charge in [0.2, 0.25) is 0 Å². The van der Waals surface area contributed by atoms with Crippen LogP contribution in [-0.2, 0) is 6.54 Å². The molecule has 100 valence electrons. The third-order valence-electron chi connectivity index (χ3n) is 4.04. The number of nitrogens with zero attached hydrogens (tertiary/aromatic N) is 4. The van der Waals surface area contributed by atoms with Crippen molar-refractivity contribution < 1.29 is 4.42 Å². The molecule has 0 atom stereocenters. The number of likely N-dealkylation sites (N-methyl/N-ethyl adjacent to an activating group) is 1. The van der Waals surface area contributed by atoms with E-state index in [2.05, 4.69) is 26.7 Å². The number of hydrogen-bond donors (Lipinski definition) is 0. The summed E-state index contributed by atoms with van der Waals surface area (Å²) >= 11 is 0. The minimum absolute atomic E-state index is 0.756. The lowest BCUT2D eigenvalue weighted by Crippen LogP contribution is -2.62. The van der Waals surface area contributed by atoms with E-state index in [1.165, 1.54) is 39.3 Å². The van der Waals surface area contributed by atoms with Gasteiger partial charge >= 0.3 is 0 Å². The monoisotopic (exact) mass is 250 g/mol. The molecule has 0 radical (unpaired) electrons. The Hall–Kier alpha value is -0.910. The van der Waals surface area contributed by atoms with Crippen molar-refractivity contribution in [2.75, 3.05) is 46.3 Å². The van der Waals surface area contributed by atoms with E-state index in [-0.39, 0.29) is 0 Å². The molecule has 5 nitrogen and oxygen atoms in total. The fourth-order valence-corrected chi connectivity index (χ4v) is 2.80. The van der Waals surface area contributed by atoms with Gasteiger partial charge in [0.05, 0.1) is 5.69 Å². The van der Waals surface area contributed by atoms with Crippen LogP contribution in [0.4, 0.5) is 0 Å². The van der Waals surface area contributed by atoms with Crippen LogP contribution in [0.1, 0.15) is 11.6 Å². The van der Waals surface area contributed by atoms with E-state index in [1.54, 1.807) is 6.26 Å². The number of hydrogen-bond acceptors (Lipinski definition) is 5. The Morgan fingerprint density at radius 1 is 1.28 bits per heavy atom. The van der Waals surface area contributed by atoms with Crippen molar-refractivity contribution in [1.29, 1.82) is 0 Å². The molecule has 0 unspecified atom stereocenters. The molecule has 0 saturated carbocycles. The zero-order valence-electron chi connectivity index (χ0n) is 11.3. The summed E-state index contributed by atoms with van der Waals surface area (Å²) in [4.78, 5) is 11.8. The number of aryl methyl sites for hydroxylation is 1. The van der Waals surface area contributed by atoms with Crippen LogP contribution in [0.15, 0.2) is 10.7 Å². The van der Waals surface area contributed by atoms with Gasteiger partial charge in [-0.3, -0.25) is 9.80 Å². The first-order chi connectivity index (χ1) is 8.70. The molecule has 2 aliphatic heterocycles. The summed E-state index contributed by atoms with van der Waals surface area (Å²) in [6.07, 6.45) is 1.78. The van der Waals surface area contributed by atoms with Crippen molar-refractivity contribution in [3.05, 3.63) is 17.8 Å². The van der Waals surface area contributed by atoms with E-state index in [0.717, 1.165) is 24.2 Å². The summed E-state index contributed by atoms with van der Waals surface area (Å²) in [6, 6.07) is 0.756. The third-order valence-corrected chi connectivity index (χ3v) is 4.04. The first-order valence-corrected chi connectivity index (χ1v) is 6.76. The summed E-state index contributed by atoms with van der Waals surface area (Å²) in [7, 11) is 2.21. The molecule has 2 fully saturated rings. The van der Waals surface area contributed by atoms with E-state index < -0.39 is 0 Å². The molecule has 3 heterocycles. The minimum Gasteiger partial charge on any atom is -0.449 e. The molecule has 0 bridgehead atoms. The molecule has 0 amide bonds. The second-order valence-electron chi connectivity index (χ2n) is 5.55. The first kappa shape index (κ1) is 12.1. The average molecular weight is 250 g/mol. The maximum absolute atomic E-state index is 5.24. The van der Waals surface area contributed by atoms with Crippen molar-refractivity contribution in [3.8, 4) is 0 Å². The van der Waals surface area contributed by atoms with Crippen LogP contribution in [0.2, 0.25) is 0 Å². The van der Waals surface area contributed by atoms with E-state index >= 15 is 0 Å². The lowest BCUT2D eigenvalue weighted by Gasteiger charge is -2.47. The maximum Gasteiger partial charge on any atom is 0.191 e. The zero-order valence-corrected chi connectivity index (χ0v) is 11.3. The molecule has 3 rings (SSSR count). The van der Waals surface area contributed by atoms with Gasteiger partial charge in [-0.1, -0.05) is 0 Å². The lowest BCUT2D eigenvalue weighted by atomic mass is 10.1. The molecule has 0 spiro atoms. The summed E-state index contributed by atoms with van der Waals surface area (Å²) in [5.74, 6) is 0.765. The molecule has 1 aromatic rings. The fourth-order valence-electron chi connectivity index (χ4n) is 2.80. The van der Waals surface area contributed by atoms with Gasteiger partial charge in [-0.05, 0) is 7.05 Å². The molecule has 5 heteroatoms.